The van der Waals surface area contributed by atoms with Crippen molar-refractivity contribution in [2.24, 2.45) is 5.92 Å². The summed E-state index contributed by atoms with van der Waals surface area (Å²) in [4.78, 5) is 12.8. The van der Waals surface area contributed by atoms with Crippen LogP contribution in [-0.4, -0.2) is 35.8 Å². The number of benzene rings is 1. The largest absolute Gasteiger partial charge is 0.689 e. The molecule has 0 aliphatic carbocycles. The van der Waals surface area contributed by atoms with E-state index in [0.29, 0.717) is 19.1 Å². The highest BCUT2D eigenvalue weighted by atomic mass is 28.4. The van der Waals surface area contributed by atoms with Gasteiger partial charge >= 0.3 is 5.97 Å². The topological polar surface area (TPSA) is 44.8 Å². The third-order valence-corrected chi connectivity index (χ3v) is 17.0. The van der Waals surface area contributed by atoms with E-state index in [2.05, 4.69) is 114 Å². The van der Waals surface area contributed by atoms with Crippen molar-refractivity contribution in [3.05, 3.63) is 28.8 Å². The fourth-order valence-electron chi connectivity index (χ4n) is 3.61. The molecule has 0 bridgehead atoms. The van der Waals surface area contributed by atoms with Crippen LogP contribution in [-0.2, 0) is 25.8 Å². The number of esters is 1. The summed E-state index contributed by atoms with van der Waals surface area (Å²) in [6.45, 7) is 34.6. The van der Waals surface area contributed by atoms with Gasteiger partial charge in [-0.15, -0.1) is 36.3 Å². The van der Waals surface area contributed by atoms with E-state index in [0.717, 1.165) is 28.9 Å². The lowest BCUT2D eigenvalue weighted by Gasteiger charge is -2.50. The van der Waals surface area contributed by atoms with Crippen LogP contribution in [0.3, 0.4) is 0 Å². The molecule has 0 saturated carbocycles. The predicted molar refractivity (Wildman–Crippen MR) is 159 cm³/mol. The molecule has 0 fully saturated rings. The summed E-state index contributed by atoms with van der Waals surface area (Å²) in [5, 5.41) is 0.239. The van der Waals surface area contributed by atoms with Crippen LogP contribution in [0.5, 0.6) is 5.75 Å². The fraction of sp³-hybridized carbons (Fsp3) is 0.767. The van der Waals surface area contributed by atoms with Crippen molar-refractivity contribution < 1.29 is 18.4 Å². The first-order valence-electron chi connectivity index (χ1n) is 13.6. The van der Waals surface area contributed by atoms with E-state index in [-0.39, 0.29) is 27.9 Å². The van der Waals surface area contributed by atoms with Gasteiger partial charge in [-0.1, -0.05) is 75.3 Å². The smallest absolute Gasteiger partial charge is 0.310 e. The molecule has 0 unspecified atom stereocenters. The molecule has 4 nitrogen and oxygen atoms in total. The van der Waals surface area contributed by atoms with Crippen LogP contribution in [0.1, 0.15) is 92.3 Å². The molecule has 0 radical (unpaired) electrons. The van der Waals surface area contributed by atoms with Crippen LogP contribution in [0.2, 0.25) is 36.3 Å². The summed E-state index contributed by atoms with van der Waals surface area (Å²) in [5.74, 6) is 1.06. The van der Waals surface area contributed by atoms with E-state index < -0.39 is 16.6 Å². The monoisotopic (exact) mass is 536 g/mol. The fourth-order valence-corrected chi connectivity index (χ4v) is 5.67. The second kappa shape index (κ2) is 11.7. The Kier molecular flexibility index (Phi) is 10.7. The van der Waals surface area contributed by atoms with Crippen molar-refractivity contribution in [2.45, 2.75) is 131 Å². The number of ether oxygens (including phenoxy) is 1. The van der Waals surface area contributed by atoms with Crippen molar-refractivity contribution in [3.63, 3.8) is 0 Å². The SMILES string of the molecule is Cc1cc(CC(=O)OCC(C)C)c(C(C)(C)CCO[Si-](C)(C)C(C)(C)C)c(O[Si-](C)(C)C(C)(C)C)c1. The quantitative estimate of drug-likeness (QED) is 0.209. The number of hydrogen-bond donors (Lipinski definition) is 0. The van der Waals surface area contributed by atoms with Crippen molar-refractivity contribution in [1.82, 2.24) is 0 Å². The maximum atomic E-state index is 12.8. The summed E-state index contributed by atoms with van der Waals surface area (Å²) in [7, 11) is -3.95. The van der Waals surface area contributed by atoms with E-state index in [1.165, 1.54) is 0 Å². The summed E-state index contributed by atoms with van der Waals surface area (Å²) >= 11 is 0. The van der Waals surface area contributed by atoms with Crippen molar-refractivity contribution in [1.29, 1.82) is 0 Å². The van der Waals surface area contributed by atoms with E-state index in [1.807, 2.05) is 0 Å². The highest BCUT2D eigenvalue weighted by molar-refractivity contribution is 6.75. The third-order valence-electron chi connectivity index (χ3n) is 8.08. The molecule has 210 valence electrons. The van der Waals surface area contributed by atoms with E-state index in [9.17, 15) is 4.79 Å². The molecule has 0 spiro atoms. The Morgan fingerprint density at radius 2 is 1.42 bits per heavy atom. The molecule has 0 heterocycles. The van der Waals surface area contributed by atoms with E-state index >= 15 is 0 Å². The molecule has 0 amide bonds. The summed E-state index contributed by atoms with van der Waals surface area (Å²) < 4.78 is 19.1. The van der Waals surface area contributed by atoms with Crippen LogP contribution in [0, 0.1) is 12.8 Å². The second-order valence-corrected chi connectivity index (χ2v) is 24.2. The van der Waals surface area contributed by atoms with Gasteiger partial charge in [0.05, 0.1) is 18.8 Å². The molecule has 36 heavy (non-hydrogen) atoms. The maximum absolute atomic E-state index is 12.8. The van der Waals surface area contributed by atoms with Gasteiger partial charge in [0.2, 0.25) is 0 Å². The first-order valence-corrected chi connectivity index (χ1v) is 19.4. The van der Waals surface area contributed by atoms with E-state index in [4.69, 9.17) is 13.6 Å². The van der Waals surface area contributed by atoms with Crippen molar-refractivity contribution in [2.75, 3.05) is 13.2 Å². The van der Waals surface area contributed by atoms with Gasteiger partial charge in [-0.3, -0.25) is 4.79 Å². The van der Waals surface area contributed by atoms with Crippen LogP contribution < -0.4 is 4.43 Å². The third kappa shape index (κ3) is 9.02. The molecule has 0 aromatic heterocycles. The zero-order valence-corrected chi connectivity index (χ0v) is 28.2. The number of hydrogen-bond acceptors (Lipinski definition) is 4. The Morgan fingerprint density at radius 3 is 1.89 bits per heavy atom. The Balaban J connectivity index is 3.48. The van der Waals surface area contributed by atoms with Crippen LogP contribution in [0.4, 0.5) is 0 Å². The molecule has 0 saturated heterocycles. The lowest BCUT2D eigenvalue weighted by molar-refractivity contribution is -0.143. The number of aryl methyl sites for hydroxylation is 1. The summed E-state index contributed by atoms with van der Waals surface area (Å²) in [5.41, 5.74) is 3.00. The molecule has 1 rings (SSSR count). The minimum Gasteiger partial charge on any atom is -0.689 e. The Labute approximate surface area is 225 Å². The molecule has 0 aliphatic rings. The van der Waals surface area contributed by atoms with Gasteiger partial charge < -0.3 is 13.6 Å². The zero-order valence-electron chi connectivity index (χ0n) is 26.2. The number of carbonyl (C=O) groups excluding carboxylic acids is 1. The van der Waals surface area contributed by atoms with Gasteiger partial charge in [0.1, 0.15) is 0 Å². The molecular formula is C30H56O4Si2-2. The minimum atomic E-state index is -2.10. The predicted octanol–water partition coefficient (Wildman–Crippen LogP) is 8.81. The zero-order chi connectivity index (χ0) is 28.3. The van der Waals surface area contributed by atoms with Gasteiger partial charge in [0, 0.05) is 14.9 Å². The molecule has 1 aromatic rings. The maximum Gasteiger partial charge on any atom is 0.310 e. The normalized spacial score (nSPS) is 13.8. The Hall–Kier alpha value is -1.12. The molecular weight excluding hydrogens is 480 g/mol. The molecule has 0 N–H and O–H groups in total. The van der Waals surface area contributed by atoms with Gasteiger partial charge in [-0.25, -0.2) is 0 Å². The summed E-state index contributed by atoms with van der Waals surface area (Å²) in [6.07, 6.45) is 1.11. The Morgan fingerprint density at radius 1 is 0.889 bits per heavy atom. The van der Waals surface area contributed by atoms with Gasteiger partial charge in [-0.2, -0.15) is 0 Å². The van der Waals surface area contributed by atoms with Crippen LogP contribution >= 0.6 is 0 Å². The first kappa shape index (κ1) is 32.9. The van der Waals surface area contributed by atoms with Crippen LogP contribution in [0.25, 0.3) is 0 Å². The highest BCUT2D eigenvalue weighted by Gasteiger charge is 2.33. The average Bonchev–Trinajstić information content (AvgIpc) is 2.63. The Bertz CT molecular complexity index is 887. The van der Waals surface area contributed by atoms with Gasteiger partial charge in [0.15, 0.2) is 0 Å². The second-order valence-electron chi connectivity index (χ2n) is 14.7. The minimum absolute atomic E-state index is 0.0694. The highest BCUT2D eigenvalue weighted by Crippen LogP contribution is 2.44. The summed E-state index contributed by atoms with van der Waals surface area (Å²) in [6, 6.07) is 4.30. The van der Waals surface area contributed by atoms with Gasteiger partial charge in [-0.05, 0) is 55.8 Å². The molecule has 6 heteroatoms. The van der Waals surface area contributed by atoms with E-state index in [1.54, 1.807) is 0 Å². The molecule has 0 aliphatic heterocycles. The lowest BCUT2D eigenvalue weighted by atomic mass is 9.77. The first-order chi connectivity index (χ1) is 16.0. The van der Waals surface area contributed by atoms with Crippen molar-refractivity contribution in [3.8, 4) is 5.75 Å². The number of rotatable bonds is 11. The molecule has 0 atom stereocenters. The van der Waals surface area contributed by atoms with Crippen LogP contribution in [0.15, 0.2) is 12.1 Å². The number of carbonyl (C=O) groups is 1. The lowest BCUT2D eigenvalue weighted by Crippen LogP contribution is -2.44. The molecule has 1 aromatic carbocycles. The average molecular weight is 537 g/mol. The van der Waals surface area contributed by atoms with Gasteiger partial charge in [0.25, 0.3) is 0 Å². The van der Waals surface area contributed by atoms with Crippen molar-refractivity contribution >= 4 is 22.6 Å². The standard InChI is InChI=1S/C30H56O4Si2/c1-22(2)21-32-26(31)20-24-18-23(3)19-25(34-36(14,15)29(7,8)9)27(24)30(10,11)16-17-33-35(12,13)28(4,5)6/h18-19,22H,16-17,20-21H2,1-15H3/q-2.